The minimum atomic E-state index is -0.910. The number of imidazole rings is 1. The van der Waals surface area contributed by atoms with Gasteiger partial charge in [-0.2, -0.15) is 0 Å². The van der Waals surface area contributed by atoms with Gasteiger partial charge < -0.3 is 19.9 Å². The molecule has 1 aliphatic heterocycles. The van der Waals surface area contributed by atoms with Gasteiger partial charge in [-0.25, -0.2) is 4.98 Å². The lowest BCUT2D eigenvalue weighted by molar-refractivity contribution is -0.0418. The third kappa shape index (κ3) is 1.25. The second-order valence-corrected chi connectivity index (χ2v) is 3.26. The molecule has 0 fully saturated rings. The van der Waals surface area contributed by atoms with E-state index in [9.17, 15) is 10.2 Å². The van der Waals surface area contributed by atoms with Crippen LogP contribution in [0.5, 0.6) is 0 Å². The van der Waals surface area contributed by atoms with E-state index >= 15 is 0 Å². The summed E-state index contributed by atoms with van der Waals surface area (Å²) in [6.07, 6.45) is 1.90. The van der Waals surface area contributed by atoms with Gasteiger partial charge in [0.25, 0.3) is 0 Å². The third-order valence-corrected chi connectivity index (χ3v) is 2.47. The number of fused-ring (bicyclic) bond motifs is 1. The first kappa shape index (κ1) is 8.68. The van der Waals surface area contributed by atoms with Crippen LogP contribution in [0.15, 0.2) is 12.4 Å². The second-order valence-electron chi connectivity index (χ2n) is 3.26. The average Bonchev–Trinajstić information content (AvgIpc) is 2.54. The summed E-state index contributed by atoms with van der Waals surface area (Å²) in [7, 11) is 0. The number of aliphatic hydroxyl groups excluding tert-OH is 3. The fourth-order valence-electron chi connectivity index (χ4n) is 1.73. The predicted octanol–water partition coefficient (Wildman–Crippen LogP) is -1.31. The molecular weight excluding hydrogens is 172 g/mol. The van der Waals surface area contributed by atoms with Crippen molar-refractivity contribution < 1.29 is 15.3 Å². The molecule has 0 amide bonds. The monoisotopic (exact) mass is 184 g/mol. The molecule has 1 aromatic heterocycles. The lowest BCUT2D eigenvalue weighted by atomic mass is 9.99. The molecule has 1 unspecified atom stereocenters. The lowest BCUT2D eigenvalue weighted by Crippen LogP contribution is -2.43. The van der Waals surface area contributed by atoms with Gasteiger partial charge >= 0.3 is 0 Å². The first-order valence-electron chi connectivity index (χ1n) is 4.22. The molecule has 0 saturated carbocycles. The smallest absolute Gasteiger partial charge is 0.111 e. The summed E-state index contributed by atoms with van der Waals surface area (Å²) < 4.78 is 1.71. The van der Waals surface area contributed by atoms with Crippen LogP contribution in [0.4, 0.5) is 0 Å². The number of rotatable bonds is 1. The number of aromatic nitrogens is 2. The Morgan fingerprint density at radius 1 is 1.54 bits per heavy atom. The van der Waals surface area contributed by atoms with Crippen LogP contribution in [-0.2, 0) is 6.42 Å². The van der Waals surface area contributed by atoms with Crippen molar-refractivity contribution >= 4 is 0 Å². The summed E-state index contributed by atoms with van der Waals surface area (Å²) in [5.41, 5.74) is 0. The minimum absolute atomic E-state index is 0.193. The van der Waals surface area contributed by atoms with Crippen LogP contribution in [0, 0.1) is 0 Å². The number of nitrogens with zero attached hydrogens (tertiary/aromatic N) is 2. The van der Waals surface area contributed by atoms with E-state index in [1.54, 1.807) is 17.0 Å². The summed E-state index contributed by atoms with van der Waals surface area (Å²) in [4.78, 5) is 4.02. The summed E-state index contributed by atoms with van der Waals surface area (Å²) in [5, 5.41) is 28.0. The quantitative estimate of drug-likeness (QED) is 0.506. The maximum atomic E-state index is 9.54. The standard InChI is InChI=1S/C8H12N2O3/c11-4-5-8(13)6(12)3-7-9-1-2-10(5)7/h1-2,5-6,8,11-13H,3-4H2/t5?,6-,8-/m1/s1. The zero-order chi connectivity index (χ0) is 9.42. The van der Waals surface area contributed by atoms with Crippen molar-refractivity contribution in [2.24, 2.45) is 0 Å². The number of aliphatic hydroxyl groups is 3. The highest BCUT2D eigenvalue weighted by molar-refractivity contribution is 5.04. The molecule has 0 aromatic carbocycles. The van der Waals surface area contributed by atoms with E-state index in [4.69, 9.17) is 5.11 Å². The Labute approximate surface area is 75.3 Å². The number of hydrogen-bond acceptors (Lipinski definition) is 4. The zero-order valence-electron chi connectivity index (χ0n) is 7.04. The molecule has 2 rings (SSSR count). The minimum Gasteiger partial charge on any atom is -0.394 e. The van der Waals surface area contributed by atoms with Crippen molar-refractivity contribution in [3.63, 3.8) is 0 Å². The largest absolute Gasteiger partial charge is 0.394 e. The van der Waals surface area contributed by atoms with Gasteiger partial charge in [0.05, 0.1) is 18.8 Å². The van der Waals surface area contributed by atoms with Crippen LogP contribution < -0.4 is 0 Å². The van der Waals surface area contributed by atoms with Crippen LogP contribution in [0.2, 0.25) is 0 Å². The van der Waals surface area contributed by atoms with Gasteiger partial charge in [0.15, 0.2) is 0 Å². The molecule has 1 aromatic rings. The Hall–Kier alpha value is -0.910. The van der Waals surface area contributed by atoms with Crippen molar-refractivity contribution in [3.8, 4) is 0 Å². The molecule has 3 atom stereocenters. The Morgan fingerprint density at radius 3 is 3.00 bits per heavy atom. The fraction of sp³-hybridized carbons (Fsp3) is 0.625. The van der Waals surface area contributed by atoms with Crippen LogP contribution in [0.25, 0.3) is 0 Å². The van der Waals surface area contributed by atoms with Gasteiger partial charge in [-0.1, -0.05) is 0 Å². The Morgan fingerprint density at radius 2 is 2.31 bits per heavy atom. The molecule has 2 heterocycles. The van der Waals surface area contributed by atoms with E-state index in [1.165, 1.54) is 0 Å². The van der Waals surface area contributed by atoms with E-state index < -0.39 is 18.2 Å². The fourth-order valence-corrected chi connectivity index (χ4v) is 1.73. The highest BCUT2D eigenvalue weighted by Crippen LogP contribution is 2.23. The van der Waals surface area contributed by atoms with E-state index in [2.05, 4.69) is 4.98 Å². The van der Waals surface area contributed by atoms with Crippen LogP contribution >= 0.6 is 0 Å². The first-order chi connectivity index (χ1) is 6.24. The molecule has 13 heavy (non-hydrogen) atoms. The number of hydrogen-bond donors (Lipinski definition) is 3. The molecule has 1 aliphatic rings. The average molecular weight is 184 g/mol. The topological polar surface area (TPSA) is 78.5 Å². The van der Waals surface area contributed by atoms with Gasteiger partial charge in [0.1, 0.15) is 11.9 Å². The summed E-state index contributed by atoms with van der Waals surface area (Å²) in [5.74, 6) is 0.705. The van der Waals surface area contributed by atoms with Gasteiger partial charge in [0, 0.05) is 18.8 Å². The first-order valence-corrected chi connectivity index (χ1v) is 4.22. The molecule has 0 bridgehead atoms. The van der Waals surface area contributed by atoms with Crippen LogP contribution in [-0.4, -0.2) is 43.7 Å². The molecule has 0 aliphatic carbocycles. The SMILES string of the molecule is OCC1[C@@H](O)[C@H](O)Cc2nccn21. The molecule has 5 nitrogen and oxygen atoms in total. The van der Waals surface area contributed by atoms with E-state index in [-0.39, 0.29) is 6.61 Å². The second kappa shape index (κ2) is 3.10. The molecule has 0 spiro atoms. The van der Waals surface area contributed by atoms with Crippen molar-refractivity contribution in [2.45, 2.75) is 24.7 Å². The van der Waals surface area contributed by atoms with Crippen molar-refractivity contribution in [3.05, 3.63) is 18.2 Å². The van der Waals surface area contributed by atoms with Crippen LogP contribution in [0.1, 0.15) is 11.9 Å². The predicted molar refractivity (Wildman–Crippen MR) is 44.1 cm³/mol. The lowest BCUT2D eigenvalue weighted by Gasteiger charge is -2.32. The van der Waals surface area contributed by atoms with E-state index in [0.29, 0.717) is 12.2 Å². The van der Waals surface area contributed by atoms with Crippen molar-refractivity contribution in [1.29, 1.82) is 0 Å². The van der Waals surface area contributed by atoms with Crippen molar-refractivity contribution in [1.82, 2.24) is 9.55 Å². The molecule has 3 N–H and O–H groups in total. The molecule has 5 heteroatoms. The zero-order valence-corrected chi connectivity index (χ0v) is 7.04. The van der Waals surface area contributed by atoms with Crippen LogP contribution in [0.3, 0.4) is 0 Å². The Bertz CT molecular complexity index is 299. The van der Waals surface area contributed by atoms with E-state index in [1.807, 2.05) is 0 Å². The molecular formula is C8H12N2O3. The normalized spacial score (nSPS) is 33.0. The summed E-state index contributed by atoms with van der Waals surface area (Å²) in [6.45, 7) is -0.193. The van der Waals surface area contributed by atoms with E-state index in [0.717, 1.165) is 0 Å². The maximum Gasteiger partial charge on any atom is 0.111 e. The highest BCUT2D eigenvalue weighted by Gasteiger charge is 2.34. The molecule has 0 radical (unpaired) electrons. The van der Waals surface area contributed by atoms with Crippen molar-refractivity contribution in [2.75, 3.05) is 6.61 Å². The Kier molecular flexibility index (Phi) is 2.07. The Balaban J connectivity index is 2.37. The molecule has 0 saturated heterocycles. The molecule has 72 valence electrons. The maximum absolute atomic E-state index is 9.54. The van der Waals surface area contributed by atoms with Gasteiger partial charge in [-0.15, -0.1) is 0 Å². The highest BCUT2D eigenvalue weighted by atomic mass is 16.3. The van der Waals surface area contributed by atoms with Gasteiger partial charge in [-0.05, 0) is 0 Å². The summed E-state index contributed by atoms with van der Waals surface area (Å²) >= 11 is 0. The summed E-state index contributed by atoms with van der Waals surface area (Å²) in [6, 6.07) is -0.471. The van der Waals surface area contributed by atoms with Gasteiger partial charge in [-0.3, -0.25) is 0 Å². The third-order valence-electron chi connectivity index (χ3n) is 2.47. The van der Waals surface area contributed by atoms with Gasteiger partial charge in [0.2, 0.25) is 0 Å².